The number of rotatable bonds is 6. The van der Waals surface area contributed by atoms with Crippen LogP contribution in [0.4, 0.5) is 10.3 Å². The molecule has 4 aromatic rings. The summed E-state index contributed by atoms with van der Waals surface area (Å²) in [6.07, 6.45) is 2.08. The molecule has 1 N–H and O–H groups in total. The van der Waals surface area contributed by atoms with Gasteiger partial charge in [-0.25, -0.2) is 4.39 Å². The molecule has 3 aromatic carbocycles. The number of carbonyl (C=O) groups excluding carboxylic acids is 1. The molecule has 1 amide bonds. The van der Waals surface area contributed by atoms with Crippen LogP contribution in [0.3, 0.4) is 0 Å². The molecule has 0 radical (unpaired) electrons. The summed E-state index contributed by atoms with van der Waals surface area (Å²) in [7, 11) is 0. The quantitative estimate of drug-likeness (QED) is 0.478. The van der Waals surface area contributed by atoms with Crippen LogP contribution in [0.5, 0.6) is 0 Å². The number of fused-ring (bicyclic) bond motifs is 1. The van der Waals surface area contributed by atoms with Gasteiger partial charge in [-0.1, -0.05) is 77.4 Å². The Kier molecular flexibility index (Phi) is 5.86. The van der Waals surface area contributed by atoms with Crippen LogP contribution < -0.4 is 10.2 Å². The number of halogens is 1. The highest BCUT2D eigenvalue weighted by atomic mass is 19.1. The Morgan fingerprint density at radius 3 is 2.47 bits per heavy atom. The normalized spacial score (nSPS) is 14.9. The van der Waals surface area contributed by atoms with Crippen LogP contribution in [0.25, 0.3) is 5.70 Å². The molecule has 1 aromatic heterocycles. The number of anilines is 1. The summed E-state index contributed by atoms with van der Waals surface area (Å²) in [4.78, 5) is 14.8. The van der Waals surface area contributed by atoms with E-state index >= 15 is 0 Å². The van der Waals surface area contributed by atoms with Crippen LogP contribution in [0, 0.1) is 12.7 Å². The number of aromatic nitrogens is 4. The number of nitrogens with one attached hydrogen (secondary N) is 1. The van der Waals surface area contributed by atoms with E-state index in [1.807, 2.05) is 66.4 Å². The van der Waals surface area contributed by atoms with Crippen molar-refractivity contribution in [1.29, 1.82) is 0 Å². The van der Waals surface area contributed by atoms with E-state index in [0.717, 1.165) is 28.0 Å². The van der Waals surface area contributed by atoms with Crippen molar-refractivity contribution in [2.75, 3.05) is 11.4 Å². The lowest BCUT2D eigenvalue weighted by atomic mass is 10.00. The number of tetrazole rings is 1. The van der Waals surface area contributed by atoms with Crippen molar-refractivity contribution in [3.63, 3.8) is 0 Å². The molecule has 1 aliphatic heterocycles. The van der Waals surface area contributed by atoms with Gasteiger partial charge in [0.15, 0.2) is 0 Å². The second kappa shape index (κ2) is 9.27. The number of nitrogens with zero attached hydrogens (tertiary/aromatic N) is 5. The fraction of sp³-hybridized carbons (Fsp3) is 0.154. The molecule has 2 heterocycles. The second-order valence-electron chi connectivity index (χ2n) is 8.19. The minimum atomic E-state index is -0.309. The predicted molar refractivity (Wildman–Crippen MR) is 127 cm³/mol. The third-order valence-electron chi connectivity index (χ3n) is 5.78. The summed E-state index contributed by atoms with van der Waals surface area (Å²) in [6.45, 7) is 2.36. The van der Waals surface area contributed by atoms with Crippen molar-refractivity contribution in [2.24, 2.45) is 0 Å². The topological polar surface area (TPSA) is 75.9 Å². The Morgan fingerprint density at radius 1 is 1.00 bits per heavy atom. The highest BCUT2D eigenvalue weighted by Crippen LogP contribution is 2.36. The summed E-state index contributed by atoms with van der Waals surface area (Å²) in [5, 5.41) is 15.3. The molecule has 1 atom stereocenters. The first-order valence-corrected chi connectivity index (χ1v) is 11.0. The Hall–Kier alpha value is -4.33. The summed E-state index contributed by atoms with van der Waals surface area (Å²) < 4.78 is 14.9. The largest absolute Gasteiger partial charge is 0.350 e. The van der Waals surface area contributed by atoms with E-state index in [4.69, 9.17) is 0 Å². The van der Waals surface area contributed by atoms with Gasteiger partial charge in [0.25, 0.3) is 5.95 Å². The average Bonchev–Trinajstić information content (AvgIpc) is 3.35. The number of carbonyl (C=O) groups is 1. The first kappa shape index (κ1) is 21.5. The third-order valence-corrected chi connectivity index (χ3v) is 5.78. The number of hydrogen-bond donors (Lipinski definition) is 1. The van der Waals surface area contributed by atoms with Gasteiger partial charge in [0.1, 0.15) is 18.4 Å². The predicted octanol–water partition coefficient (Wildman–Crippen LogP) is 3.89. The molecule has 0 bridgehead atoms. The second-order valence-corrected chi connectivity index (χ2v) is 8.19. The van der Waals surface area contributed by atoms with E-state index < -0.39 is 0 Å². The molecule has 5 rings (SSSR count). The van der Waals surface area contributed by atoms with E-state index in [2.05, 4.69) is 26.9 Å². The maximum Gasteiger partial charge on any atom is 0.251 e. The Morgan fingerprint density at radius 2 is 1.74 bits per heavy atom. The van der Waals surface area contributed by atoms with Crippen molar-refractivity contribution in [3.05, 3.63) is 113 Å². The number of amides is 1. The molecule has 0 spiro atoms. The first-order valence-electron chi connectivity index (χ1n) is 11.0. The lowest BCUT2D eigenvalue weighted by Gasteiger charge is -2.32. The number of aryl methyl sites for hydroxylation is 1. The SMILES string of the molecule is Cc1ccc(C2=C[C@@H](c3ccccc3)n3nnnc3N2CC(=O)NCc2ccc(F)cc2)cc1. The van der Waals surface area contributed by atoms with Crippen molar-refractivity contribution in [3.8, 4) is 0 Å². The zero-order chi connectivity index (χ0) is 23.5. The zero-order valence-corrected chi connectivity index (χ0v) is 18.6. The van der Waals surface area contributed by atoms with Crippen molar-refractivity contribution in [1.82, 2.24) is 25.5 Å². The summed E-state index contributed by atoms with van der Waals surface area (Å²) >= 11 is 0. The van der Waals surface area contributed by atoms with Gasteiger partial charge in [0.05, 0.1) is 5.70 Å². The fourth-order valence-electron chi connectivity index (χ4n) is 3.99. The highest BCUT2D eigenvalue weighted by Gasteiger charge is 2.31. The Bertz CT molecular complexity index is 1320. The summed E-state index contributed by atoms with van der Waals surface area (Å²) in [5.74, 6) is -0.0185. The molecule has 8 heteroatoms. The number of benzene rings is 3. The van der Waals surface area contributed by atoms with Crippen LogP contribution in [0.2, 0.25) is 0 Å². The smallest absolute Gasteiger partial charge is 0.251 e. The lowest BCUT2D eigenvalue weighted by molar-refractivity contribution is -0.119. The minimum Gasteiger partial charge on any atom is -0.350 e. The molecule has 1 aliphatic rings. The van der Waals surface area contributed by atoms with Gasteiger partial charge < -0.3 is 5.32 Å². The van der Waals surface area contributed by atoms with E-state index in [0.29, 0.717) is 12.5 Å². The van der Waals surface area contributed by atoms with E-state index in [9.17, 15) is 9.18 Å². The molecule has 0 fully saturated rings. The monoisotopic (exact) mass is 454 g/mol. The summed E-state index contributed by atoms with van der Waals surface area (Å²) in [6, 6.07) is 24.0. The molecule has 0 saturated heterocycles. The fourth-order valence-corrected chi connectivity index (χ4v) is 3.99. The summed E-state index contributed by atoms with van der Waals surface area (Å²) in [5.41, 5.74) is 4.83. The maximum absolute atomic E-state index is 13.2. The van der Waals surface area contributed by atoms with Gasteiger partial charge in [0, 0.05) is 6.54 Å². The Balaban J connectivity index is 1.46. The molecule has 0 saturated carbocycles. The maximum atomic E-state index is 13.2. The van der Waals surface area contributed by atoms with Gasteiger partial charge >= 0.3 is 0 Å². The van der Waals surface area contributed by atoms with Gasteiger partial charge in [-0.3, -0.25) is 9.69 Å². The van der Waals surface area contributed by atoms with Crippen molar-refractivity contribution in [2.45, 2.75) is 19.5 Å². The van der Waals surface area contributed by atoms with Gasteiger partial charge in [0.2, 0.25) is 5.91 Å². The molecule has 7 nitrogen and oxygen atoms in total. The van der Waals surface area contributed by atoms with Crippen LogP contribution >= 0.6 is 0 Å². The molecular weight excluding hydrogens is 431 g/mol. The minimum absolute atomic E-state index is 0.0305. The lowest BCUT2D eigenvalue weighted by Crippen LogP contribution is -2.39. The molecule has 0 aliphatic carbocycles. The van der Waals surface area contributed by atoms with Crippen molar-refractivity contribution < 1.29 is 9.18 Å². The number of allylic oxidation sites excluding steroid dienone is 1. The molecule has 0 unspecified atom stereocenters. The Labute approximate surface area is 196 Å². The van der Waals surface area contributed by atoms with E-state index in [1.165, 1.54) is 12.1 Å². The zero-order valence-electron chi connectivity index (χ0n) is 18.6. The molecule has 170 valence electrons. The van der Waals surface area contributed by atoms with Gasteiger partial charge in [-0.2, -0.15) is 4.68 Å². The standard InChI is InChI=1S/C26H23FN6O/c1-18-7-11-21(12-8-18)23-15-24(20-5-3-2-4-6-20)33-26(29-30-31-33)32(23)17-25(34)28-16-19-9-13-22(27)14-10-19/h2-15,24H,16-17H2,1H3,(H,28,34)/t24-/m0/s1. The van der Waals surface area contributed by atoms with Crippen LogP contribution in [-0.4, -0.2) is 32.7 Å². The van der Waals surface area contributed by atoms with Crippen molar-refractivity contribution >= 4 is 17.6 Å². The number of hydrogen-bond acceptors (Lipinski definition) is 5. The first-order chi connectivity index (χ1) is 16.6. The van der Waals surface area contributed by atoms with Gasteiger partial charge in [-0.15, -0.1) is 0 Å². The van der Waals surface area contributed by atoms with Crippen LogP contribution in [-0.2, 0) is 11.3 Å². The van der Waals surface area contributed by atoms with E-state index in [1.54, 1.807) is 16.8 Å². The molecule has 34 heavy (non-hydrogen) atoms. The molecular formula is C26H23FN6O. The van der Waals surface area contributed by atoms with Crippen LogP contribution in [0.15, 0.2) is 84.9 Å². The van der Waals surface area contributed by atoms with E-state index in [-0.39, 0.29) is 24.3 Å². The third kappa shape index (κ3) is 4.43. The average molecular weight is 455 g/mol. The highest BCUT2D eigenvalue weighted by molar-refractivity contribution is 5.89. The van der Waals surface area contributed by atoms with Crippen LogP contribution in [0.1, 0.15) is 28.3 Å². The van der Waals surface area contributed by atoms with Gasteiger partial charge in [-0.05, 0) is 52.2 Å².